The van der Waals surface area contributed by atoms with Gasteiger partial charge in [0.1, 0.15) is 0 Å². The molecule has 0 radical (unpaired) electrons. The van der Waals surface area contributed by atoms with E-state index < -0.39 is 0 Å². The maximum absolute atomic E-state index is 8.74. The average Bonchev–Trinajstić information content (AvgIpc) is 2.17. The third-order valence-electron chi connectivity index (χ3n) is 2.40. The van der Waals surface area contributed by atoms with Gasteiger partial charge in [-0.2, -0.15) is 0 Å². The molecular formula is C10H23NO2. The Bertz CT molecular complexity index is 101. The van der Waals surface area contributed by atoms with Crippen LogP contribution in [0.25, 0.3) is 0 Å². The van der Waals surface area contributed by atoms with E-state index in [0.717, 1.165) is 32.5 Å². The lowest BCUT2D eigenvalue weighted by molar-refractivity contribution is 0.116. The van der Waals surface area contributed by atoms with E-state index >= 15 is 0 Å². The summed E-state index contributed by atoms with van der Waals surface area (Å²) < 4.78 is 5.04. The number of hydrogen-bond donors (Lipinski definition) is 1. The van der Waals surface area contributed by atoms with Crippen molar-refractivity contribution < 1.29 is 9.84 Å². The summed E-state index contributed by atoms with van der Waals surface area (Å²) in [5, 5.41) is 8.74. The molecule has 3 nitrogen and oxygen atoms in total. The fraction of sp³-hybridized carbons (Fsp3) is 1.00. The van der Waals surface area contributed by atoms with Crippen LogP contribution in [0, 0.1) is 0 Å². The van der Waals surface area contributed by atoms with Gasteiger partial charge in [0.2, 0.25) is 0 Å². The van der Waals surface area contributed by atoms with E-state index in [2.05, 4.69) is 18.7 Å². The second-order valence-corrected chi connectivity index (χ2v) is 3.36. The lowest BCUT2D eigenvalue weighted by atomic mass is 10.2. The minimum absolute atomic E-state index is 0.278. The van der Waals surface area contributed by atoms with Gasteiger partial charge in [-0.25, -0.2) is 0 Å². The lowest BCUT2D eigenvalue weighted by Gasteiger charge is -2.27. The van der Waals surface area contributed by atoms with Gasteiger partial charge in [0.25, 0.3) is 0 Å². The summed E-state index contributed by atoms with van der Waals surface area (Å²) in [6.07, 6.45) is 2.00. The number of aliphatic hydroxyl groups is 1. The first kappa shape index (κ1) is 12.9. The van der Waals surface area contributed by atoms with E-state index in [1.54, 1.807) is 7.11 Å². The highest BCUT2D eigenvalue weighted by molar-refractivity contribution is 4.65. The van der Waals surface area contributed by atoms with Gasteiger partial charge in [0.15, 0.2) is 0 Å². The first-order chi connectivity index (χ1) is 6.26. The summed E-state index contributed by atoms with van der Waals surface area (Å²) in [4.78, 5) is 2.36. The minimum atomic E-state index is 0.278. The molecule has 0 spiro atoms. The van der Waals surface area contributed by atoms with Crippen LogP contribution in [0.4, 0.5) is 0 Å². The highest BCUT2D eigenvalue weighted by atomic mass is 16.5. The highest BCUT2D eigenvalue weighted by Gasteiger charge is 2.10. The van der Waals surface area contributed by atoms with E-state index in [1.165, 1.54) is 0 Å². The fourth-order valence-electron chi connectivity index (χ4n) is 1.29. The maximum atomic E-state index is 8.74. The predicted molar refractivity (Wildman–Crippen MR) is 54.9 cm³/mol. The molecule has 0 bridgehead atoms. The lowest BCUT2D eigenvalue weighted by Crippen LogP contribution is -2.36. The van der Waals surface area contributed by atoms with Crippen LogP contribution in [0.5, 0.6) is 0 Å². The van der Waals surface area contributed by atoms with Crippen LogP contribution in [0.3, 0.4) is 0 Å². The molecule has 1 N–H and O–H groups in total. The number of nitrogens with zero attached hydrogens (tertiary/aromatic N) is 1. The Morgan fingerprint density at radius 1 is 1.38 bits per heavy atom. The smallest absolute Gasteiger partial charge is 0.0589 e. The quantitative estimate of drug-likeness (QED) is 0.621. The largest absolute Gasteiger partial charge is 0.396 e. The van der Waals surface area contributed by atoms with Crippen molar-refractivity contribution >= 4 is 0 Å². The zero-order chi connectivity index (χ0) is 10.1. The third kappa shape index (κ3) is 6.02. The molecule has 13 heavy (non-hydrogen) atoms. The number of aliphatic hydroxyl groups excluding tert-OH is 1. The van der Waals surface area contributed by atoms with Gasteiger partial charge in [-0.15, -0.1) is 0 Å². The third-order valence-corrected chi connectivity index (χ3v) is 2.40. The Morgan fingerprint density at radius 2 is 2.08 bits per heavy atom. The number of rotatable bonds is 8. The van der Waals surface area contributed by atoms with Crippen molar-refractivity contribution in [2.75, 3.05) is 33.4 Å². The topological polar surface area (TPSA) is 32.7 Å². The molecule has 0 fully saturated rings. The van der Waals surface area contributed by atoms with Crippen LogP contribution >= 0.6 is 0 Å². The van der Waals surface area contributed by atoms with Crippen LogP contribution in [0.2, 0.25) is 0 Å². The van der Waals surface area contributed by atoms with E-state index in [9.17, 15) is 0 Å². The SMILES string of the molecule is CCC(C)N(CCCO)CCOC. The monoisotopic (exact) mass is 189 g/mol. The Kier molecular flexibility index (Phi) is 8.40. The molecule has 0 aromatic heterocycles. The van der Waals surface area contributed by atoms with E-state index in [-0.39, 0.29) is 6.61 Å². The summed E-state index contributed by atoms with van der Waals surface area (Å²) >= 11 is 0. The van der Waals surface area contributed by atoms with Gasteiger partial charge < -0.3 is 9.84 Å². The van der Waals surface area contributed by atoms with Crippen molar-refractivity contribution in [1.29, 1.82) is 0 Å². The molecule has 80 valence electrons. The molecule has 1 unspecified atom stereocenters. The van der Waals surface area contributed by atoms with Crippen LogP contribution in [0.15, 0.2) is 0 Å². The molecule has 0 aliphatic carbocycles. The van der Waals surface area contributed by atoms with Crippen molar-refractivity contribution in [3.05, 3.63) is 0 Å². The van der Waals surface area contributed by atoms with E-state index in [4.69, 9.17) is 9.84 Å². The van der Waals surface area contributed by atoms with Crippen molar-refractivity contribution in [1.82, 2.24) is 4.90 Å². The van der Waals surface area contributed by atoms with Gasteiger partial charge in [-0.3, -0.25) is 4.90 Å². The normalized spacial score (nSPS) is 13.6. The Morgan fingerprint density at radius 3 is 2.54 bits per heavy atom. The van der Waals surface area contributed by atoms with Crippen LogP contribution in [-0.2, 0) is 4.74 Å². The molecule has 0 heterocycles. The zero-order valence-electron chi connectivity index (χ0n) is 9.12. The van der Waals surface area contributed by atoms with Gasteiger partial charge in [-0.05, 0) is 19.8 Å². The average molecular weight is 189 g/mol. The Labute approximate surface area is 81.7 Å². The summed E-state index contributed by atoms with van der Waals surface area (Å²) in [7, 11) is 1.72. The summed E-state index contributed by atoms with van der Waals surface area (Å²) in [6.45, 7) is 7.38. The van der Waals surface area contributed by atoms with Crippen molar-refractivity contribution in [2.24, 2.45) is 0 Å². The number of ether oxygens (including phenoxy) is 1. The summed E-state index contributed by atoms with van der Waals surface area (Å²) in [5.74, 6) is 0. The molecule has 0 aliphatic rings. The van der Waals surface area contributed by atoms with E-state index in [1.807, 2.05) is 0 Å². The number of hydrogen-bond acceptors (Lipinski definition) is 3. The van der Waals surface area contributed by atoms with Gasteiger partial charge in [0, 0.05) is 32.8 Å². The molecule has 3 heteroatoms. The van der Waals surface area contributed by atoms with Crippen molar-refractivity contribution in [2.45, 2.75) is 32.7 Å². The fourth-order valence-corrected chi connectivity index (χ4v) is 1.29. The van der Waals surface area contributed by atoms with Gasteiger partial charge in [0.05, 0.1) is 6.61 Å². The van der Waals surface area contributed by atoms with Crippen LogP contribution < -0.4 is 0 Å². The molecule has 0 aromatic rings. The molecule has 0 amide bonds. The first-order valence-electron chi connectivity index (χ1n) is 5.10. The van der Waals surface area contributed by atoms with E-state index in [0.29, 0.717) is 6.04 Å². The predicted octanol–water partition coefficient (Wildman–Crippen LogP) is 1.12. The first-order valence-corrected chi connectivity index (χ1v) is 5.10. The molecule has 1 atom stereocenters. The van der Waals surface area contributed by atoms with Crippen molar-refractivity contribution in [3.63, 3.8) is 0 Å². The molecule has 0 aromatic carbocycles. The molecule has 0 saturated carbocycles. The zero-order valence-corrected chi connectivity index (χ0v) is 9.12. The second kappa shape index (κ2) is 8.48. The van der Waals surface area contributed by atoms with Gasteiger partial charge in [-0.1, -0.05) is 6.92 Å². The highest BCUT2D eigenvalue weighted by Crippen LogP contribution is 2.03. The second-order valence-electron chi connectivity index (χ2n) is 3.36. The standard InChI is InChI=1S/C10H23NO2/c1-4-10(2)11(6-5-8-12)7-9-13-3/h10,12H,4-9H2,1-3H3. The van der Waals surface area contributed by atoms with Crippen LogP contribution in [-0.4, -0.2) is 49.5 Å². The molecule has 0 rings (SSSR count). The molecular weight excluding hydrogens is 166 g/mol. The maximum Gasteiger partial charge on any atom is 0.0589 e. The molecule has 0 aliphatic heterocycles. The Hall–Kier alpha value is -0.120. The summed E-state index contributed by atoms with van der Waals surface area (Å²) in [6, 6.07) is 0.585. The van der Waals surface area contributed by atoms with Gasteiger partial charge >= 0.3 is 0 Å². The Balaban J connectivity index is 3.72. The minimum Gasteiger partial charge on any atom is -0.396 e. The van der Waals surface area contributed by atoms with Crippen LogP contribution in [0.1, 0.15) is 26.7 Å². The van der Waals surface area contributed by atoms with Crippen molar-refractivity contribution in [3.8, 4) is 0 Å². The summed E-state index contributed by atoms with van der Waals surface area (Å²) in [5.41, 5.74) is 0. The molecule has 0 saturated heterocycles. The number of methoxy groups -OCH3 is 1.